The van der Waals surface area contributed by atoms with Gasteiger partial charge in [-0.3, -0.25) is 14.6 Å². The fourth-order valence-corrected chi connectivity index (χ4v) is 4.80. The Labute approximate surface area is 209 Å². The molecule has 1 aliphatic carbocycles. The molecule has 36 heavy (non-hydrogen) atoms. The lowest BCUT2D eigenvalue weighted by Crippen LogP contribution is -2.47. The van der Waals surface area contributed by atoms with Crippen LogP contribution in [0.3, 0.4) is 0 Å². The van der Waals surface area contributed by atoms with Crippen molar-refractivity contribution >= 4 is 22.8 Å². The zero-order chi connectivity index (χ0) is 25.2. The number of aromatic nitrogens is 2. The number of H-pyrrole nitrogens is 1. The van der Waals surface area contributed by atoms with Crippen LogP contribution >= 0.6 is 0 Å². The van der Waals surface area contributed by atoms with Gasteiger partial charge in [0.2, 0.25) is 5.91 Å². The molecule has 0 spiro atoms. The summed E-state index contributed by atoms with van der Waals surface area (Å²) in [5.41, 5.74) is 4.40. The van der Waals surface area contributed by atoms with Gasteiger partial charge in [-0.05, 0) is 62.8 Å². The number of rotatable bonds is 8. The number of aromatic amines is 1. The molecule has 5 rings (SSSR count). The van der Waals surface area contributed by atoms with Gasteiger partial charge in [0.05, 0.1) is 24.8 Å². The van der Waals surface area contributed by atoms with Gasteiger partial charge in [-0.1, -0.05) is 0 Å². The summed E-state index contributed by atoms with van der Waals surface area (Å²) in [6.45, 7) is 3.10. The third kappa shape index (κ3) is 4.88. The zero-order valence-electron chi connectivity index (χ0n) is 20.7. The van der Waals surface area contributed by atoms with E-state index in [1.807, 2.05) is 31.2 Å². The molecule has 9 heteroatoms. The van der Waals surface area contributed by atoms with Gasteiger partial charge in [-0.15, -0.1) is 0 Å². The Morgan fingerprint density at radius 2 is 1.94 bits per heavy atom. The molecule has 0 unspecified atom stereocenters. The summed E-state index contributed by atoms with van der Waals surface area (Å²) in [5, 5.41) is 12.2. The topological polar surface area (TPSA) is 117 Å². The third-order valence-corrected chi connectivity index (χ3v) is 7.07. The highest BCUT2D eigenvalue weighted by atomic mass is 16.5. The number of carbonyl (C=O) groups excluding carboxylic acids is 2. The van der Waals surface area contributed by atoms with E-state index in [4.69, 9.17) is 14.6 Å². The van der Waals surface area contributed by atoms with Gasteiger partial charge < -0.3 is 29.8 Å². The SMILES string of the molecule is COc1ccc(OCC2CC2)c(-c2ccnc3c(C(=O)NC4CCN(C(=O)CO)CC4)c(C)[nH]c23)c1. The molecular formula is C27H32N4O5. The predicted octanol–water partition coefficient (Wildman–Crippen LogP) is 3.05. The molecule has 1 saturated carbocycles. The van der Waals surface area contributed by atoms with Crippen LogP contribution in [-0.4, -0.2) is 71.2 Å². The quantitative estimate of drug-likeness (QED) is 0.445. The molecule has 2 amide bonds. The lowest BCUT2D eigenvalue weighted by atomic mass is 10.0. The number of benzene rings is 1. The van der Waals surface area contributed by atoms with Crippen molar-refractivity contribution in [3.05, 3.63) is 41.7 Å². The molecule has 3 aromatic rings. The number of piperidine rings is 1. The summed E-state index contributed by atoms with van der Waals surface area (Å²) in [6.07, 6.45) is 5.41. The summed E-state index contributed by atoms with van der Waals surface area (Å²) < 4.78 is 11.6. The zero-order valence-corrected chi connectivity index (χ0v) is 20.7. The summed E-state index contributed by atoms with van der Waals surface area (Å²) in [7, 11) is 1.64. The Hall–Kier alpha value is -3.59. The molecule has 3 heterocycles. The number of methoxy groups -OCH3 is 1. The Morgan fingerprint density at radius 1 is 1.17 bits per heavy atom. The van der Waals surface area contributed by atoms with E-state index in [0.29, 0.717) is 49.5 Å². The Bertz CT molecular complexity index is 1270. The Kier molecular flexibility index (Phi) is 6.82. The number of likely N-dealkylation sites (tertiary alicyclic amines) is 1. The molecule has 1 saturated heterocycles. The average molecular weight is 493 g/mol. The van der Waals surface area contributed by atoms with Gasteiger partial charge in [-0.25, -0.2) is 0 Å². The number of ether oxygens (including phenoxy) is 2. The first kappa shape index (κ1) is 24.1. The smallest absolute Gasteiger partial charge is 0.255 e. The molecule has 190 valence electrons. The number of carbonyl (C=O) groups is 2. The van der Waals surface area contributed by atoms with E-state index < -0.39 is 6.61 Å². The second-order valence-corrected chi connectivity index (χ2v) is 9.61. The molecule has 9 nitrogen and oxygen atoms in total. The number of aryl methyl sites for hydroxylation is 1. The van der Waals surface area contributed by atoms with Gasteiger partial charge in [0.15, 0.2) is 0 Å². The van der Waals surface area contributed by atoms with E-state index in [1.54, 1.807) is 18.2 Å². The van der Waals surface area contributed by atoms with Gasteiger partial charge >= 0.3 is 0 Å². The molecule has 1 aliphatic heterocycles. The van der Waals surface area contributed by atoms with Gasteiger partial charge in [0, 0.05) is 42.1 Å². The first-order valence-corrected chi connectivity index (χ1v) is 12.5. The Morgan fingerprint density at radius 3 is 2.64 bits per heavy atom. The van der Waals surface area contributed by atoms with Crippen molar-refractivity contribution in [3.63, 3.8) is 0 Å². The van der Waals surface area contributed by atoms with Crippen LogP contribution in [0, 0.1) is 12.8 Å². The number of pyridine rings is 1. The standard InChI is InChI=1S/C27H32N4O5/c1-16-24(27(34)30-18-8-11-31(12-9-18)23(33)14-32)26-25(29-16)20(7-10-28-26)21-13-19(35-2)5-6-22(21)36-15-17-3-4-17/h5-7,10,13,17-18,29,32H,3-4,8-9,11-12,14-15H2,1-2H3,(H,30,34). The number of fused-ring (bicyclic) bond motifs is 1. The van der Waals surface area contributed by atoms with E-state index >= 15 is 0 Å². The monoisotopic (exact) mass is 492 g/mol. The van der Waals surface area contributed by atoms with Crippen LogP contribution in [0.2, 0.25) is 0 Å². The number of aliphatic hydroxyl groups excluding tert-OH is 1. The van der Waals surface area contributed by atoms with Crippen LogP contribution in [0.25, 0.3) is 22.2 Å². The second-order valence-electron chi connectivity index (χ2n) is 9.61. The lowest BCUT2D eigenvalue weighted by Gasteiger charge is -2.32. The maximum atomic E-state index is 13.3. The summed E-state index contributed by atoms with van der Waals surface area (Å²) in [6, 6.07) is 7.65. The minimum absolute atomic E-state index is 0.0476. The molecule has 2 aromatic heterocycles. The third-order valence-electron chi connectivity index (χ3n) is 7.07. The molecule has 1 aromatic carbocycles. The Balaban J connectivity index is 1.42. The number of nitrogens with zero attached hydrogens (tertiary/aromatic N) is 2. The van der Waals surface area contributed by atoms with Crippen LogP contribution < -0.4 is 14.8 Å². The van der Waals surface area contributed by atoms with E-state index in [-0.39, 0.29) is 17.9 Å². The van der Waals surface area contributed by atoms with Crippen molar-refractivity contribution in [2.24, 2.45) is 5.92 Å². The van der Waals surface area contributed by atoms with Crippen molar-refractivity contribution in [1.82, 2.24) is 20.2 Å². The molecule has 2 fully saturated rings. The fourth-order valence-electron chi connectivity index (χ4n) is 4.80. The second kappa shape index (κ2) is 10.2. The highest BCUT2D eigenvalue weighted by Gasteiger charge is 2.27. The van der Waals surface area contributed by atoms with Gasteiger partial charge in [0.1, 0.15) is 23.6 Å². The maximum Gasteiger partial charge on any atom is 0.255 e. The van der Waals surface area contributed by atoms with Crippen molar-refractivity contribution < 1.29 is 24.2 Å². The van der Waals surface area contributed by atoms with Crippen LogP contribution in [0.4, 0.5) is 0 Å². The molecular weight excluding hydrogens is 460 g/mol. The largest absolute Gasteiger partial charge is 0.497 e. The number of hydrogen-bond acceptors (Lipinski definition) is 6. The number of aliphatic hydroxyl groups is 1. The van der Waals surface area contributed by atoms with Crippen LogP contribution in [0.1, 0.15) is 41.7 Å². The van der Waals surface area contributed by atoms with Crippen LogP contribution in [0.5, 0.6) is 11.5 Å². The van der Waals surface area contributed by atoms with E-state index in [2.05, 4.69) is 15.3 Å². The van der Waals surface area contributed by atoms with Crippen molar-refractivity contribution in [1.29, 1.82) is 0 Å². The summed E-state index contributed by atoms with van der Waals surface area (Å²) in [5.74, 6) is 1.65. The average Bonchev–Trinajstić information content (AvgIpc) is 3.66. The van der Waals surface area contributed by atoms with Gasteiger partial charge in [-0.2, -0.15) is 0 Å². The highest BCUT2D eigenvalue weighted by Crippen LogP contribution is 2.39. The van der Waals surface area contributed by atoms with Crippen LogP contribution in [0.15, 0.2) is 30.5 Å². The number of amides is 2. The van der Waals surface area contributed by atoms with Crippen molar-refractivity contribution in [2.75, 3.05) is 33.4 Å². The first-order chi connectivity index (χ1) is 17.5. The minimum Gasteiger partial charge on any atom is -0.497 e. The number of nitrogens with one attached hydrogen (secondary N) is 2. The van der Waals surface area contributed by atoms with Crippen molar-refractivity contribution in [3.8, 4) is 22.6 Å². The fraction of sp³-hybridized carbons (Fsp3) is 0.444. The summed E-state index contributed by atoms with van der Waals surface area (Å²) in [4.78, 5) is 34.6. The molecule has 0 bridgehead atoms. The maximum absolute atomic E-state index is 13.3. The van der Waals surface area contributed by atoms with E-state index in [0.717, 1.165) is 33.8 Å². The van der Waals surface area contributed by atoms with Crippen LogP contribution in [-0.2, 0) is 4.79 Å². The molecule has 3 N–H and O–H groups in total. The first-order valence-electron chi connectivity index (χ1n) is 12.5. The van der Waals surface area contributed by atoms with Crippen molar-refractivity contribution in [2.45, 2.75) is 38.6 Å². The highest BCUT2D eigenvalue weighted by molar-refractivity contribution is 6.09. The van der Waals surface area contributed by atoms with E-state index in [9.17, 15) is 9.59 Å². The molecule has 0 atom stereocenters. The molecule has 0 radical (unpaired) electrons. The van der Waals surface area contributed by atoms with Gasteiger partial charge in [0.25, 0.3) is 5.91 Å². The minimum atomic E-state index is -0.486. The predicted molar refractivity (Wildman–Crippen MR) is 135 cm³/mol. The summed E-state index contributed by atoms with van der Waals surface area (Å²) >= 11 is 0. The van der Waals surface area contributed by atoms with E-state index in [1.165, 1.54) is 12.8 Å². The molecule has 2 aliphatic rings. The normalized spacial score (nSPS) is 16.2. The number of hydrogen-bond donors (Lipinski definition) is 3. The lowest BCUT2D eigenvalue weighted by molar-refractivity contribution is -0.135.